The van der Waals surface area contributed by atoms with Gasteiger partial charge in [0.1, 0.15) is 11.6 Å². The summed E-state index contributed by atoms with van der Waals surface area (Å²) in [6, 6.07) is 15.2. The van der Waals surface area contributed by atoms with Crippen LogP contribution >= 0.6 is 15.9 Å². The molecule has 0 unspecified atom stereocenters. The summed E-state index contributed by atoms with van der Waals surface area (Å²) in [6.07, 6.45) is 4.93. The highest BCUT2D eigenvalue weighted by Gasteiger charge is 2.11. The molecule has 0 bridgehead atoms. The van der Waals surface area contributed by atoms with E-state index < -0.39 is 0 Å². The van der Waals surface area contributed by atoms with E-state index >= 15 is 0 Å². The van der Waals surface area contributed by atoms with Crippen LogP contribution in [-0.2, 0) is 13.3 Å². The van der Waals surface area contributed by atoms with E-state index in [0.717, 1.165) is 10.0 Å². The molecule has 0 radical (unpaired) electrons. The summed E-state index contributed by atoms with van der Waals surface area (Å²) in [5, 5.41) is 11.2. The molecule has 2 heterocycles. The lowest BCUT2D eigenvalue weighted by molar-refractivity contribution is 0.102. The first-order chi connectivity index (χ1) is 14.5. The van der Waals surface area contributed by atoms with Gasteiger partial charge in [-0.2, -0.15) is 10.2 Å². The Labute approximate surface area is 180 Å². The third-order valence-electron chi connectivity index (χ3n) is 4.20. The number of rotatable bonds is 7. The number of ether oxygens (including phenoxy) is 1. The van der Waals surface area contributed by atoms with E-state index in [1.165, 1.54) is 16.8 Å². The zero-order valence-electron chi connectivity index (χ0n) is 15.7. The van der Waals surface area contributed by atoms with Crippen LogP contribution in [0, 0.1) is 5.82 Å². The predicted molar refractivity (Wildman–Crippen MR) is 113 cm³/mol. The van der Waals surface area contributed by atoms with E-state index in [0.29, 0.717) is 18.0 Å². The van der Waals surface area contributed by atoms with E-state index in [2.05, 4.69) is 31.4 Å². The molecule has 0 saturated heterocycles. The number of benzene rings is 2. The van der Waals surface area contributed by atoms with Crippen LogP contribution in [0.15, 0.2) is 77.7 Å². The molecule has 0 aliphatic heterocycles. The Hall–Kier alpha value is -3.46. The lowest BCUT2D eigenvalue weighted by Gasteiger charge is -2.06. The number of anilines is 1. The van der Waals surface area contributed by atoms with Gasteiger partial charge in [-0.15, -0.1) is 0 Å². The van der Waals surface area contributed by atoms with Gasteiger partial charge in [0, 0.05) is 16.9 Å². The number of aromatic nitrogens is 4. The summed E-state index contributed by atoms with van der Waals surface area (Å²) >= 11 is 3.37. The summed E-state index contributed by atoms with van der Waals surface area (Å²) < 4.78 is 22.8. The lowest BCUT2D eigenvalue weighted by atomic mass is 10.2. The molecule has 0 saturated carbocycles. The Morgan fingerprint density at radius 1 is 1.07 bits per heavy atom. The van der Waals surface area contributed by atoms with Crippen molar-refractivity contribution in [1.82, 2.24) is 19.6 Å². The van der Waals surface area contributed by atoms with Crippen LogP contribution in [0.3, 0.4) is 0 Å². The lowest BCUT2D eigenvalue weighted by Crippen LogP contribution is -2.14. The highest BCUT2D eigenvalue weighted by atomic mass is 79.9. The maximum Gasteiger partial charge on any atom is 0.276 e. The van der Waals surface area contributed by atoms with Crippen molar-refractivity contribution in [3.63, 3.8) is 0 Å². The highest BCUT2D eigenvalue weighted by Crippen LogP contribution is 2.16. The molecule has 4 rings (SSSR count). The molecule has 0 atom stereocenters. The zero-order valence-corrected chi connectivity index (χ0v) is 17.3. The Kier molecular flexibility index (Phi) is 5.89. The van der Waals surface area contributed by atoms with Crippen molar-refractivity contribution in [2.75, 3.05) is 5.32 Å². The predicted octanol–water partition coefficient (Wildman–Crippen LogP) is 4.32. The summed E-state index contributed by atoms with van der Waals surface area (Å²) in [6.45, 7) is 0.655. The second-order valence-corrected chi connectivity index (χ2v) is 7.39. The number of amides is 1. The van der Waals surface area contributed by atoms with Gasteiger partial charge in [0.25, 0.3) is 5.91 Å². The first-order valence-corrected chi connectivity index (χ1v) is 9.84. The fourth-order valence-corrected chi connectivity index (χ4v) is 2.98. The number of nitrogens with one attached hydrogen (secondary N) is 1. The monoisotopic (exact) mass is 469 g/mol. The number of carbonyl (C=O) groups is 1. The standard InChI is InChI=1S/C21H17BrFN5O2/c22-16-3-7-19(8-4-16)30-14-27-10-9-20(26-27)21(29)25-18-11-24-28(13-18)12-15-1-5-17(23)6-2-15/h1-11,13H,12,14H2,(H,25,29). The van der Waals surface area contributed by atoms with Crippen LogP contribution in [0.5, 0.6) is 5.75 Å². The molecule has 0 fully saturated rings. The minimum atomic E-state index is -0.348. The smallest absolute Gasteiger partial charge is 0.276 e. The molecule has 1 amide bonds. The molecule has 152 valence electrons. The fourth-order valence-electron chi connectivity index (χ4n) is 2.71. The third-order valence-corrected chi connectivity index (χ3v) is 4.73. The maximum atomic E-state index is 13.0. The highest BCUT2D eigenvalue weighted by molar-refractivity contribution is 9.10. The summed E-state index contributed by atoms with van der Waals surface area (Å²) in [4.78, 5) is 12.4. The summed E-state index contributed by atoms with van der Waals surface area (Å²) in [5.41, 5.74) is 1.71. The van der Waals surface area contributed by atoms with Gasteiger partial charge in [-0.25, -0.2) is 9.07 Å². The van der Waals surface area contributed by atoms with Crippen LogP contribution < -0.4 is 10.1 Å². The second-order valence-electron chi connectivity index (χ2n) is 6.47. The van der Waals surface area contributed by atoms with Crippen molar-refractivity contribution < 1.29 is 13.9 Å². The molecular weight excluding hydrogens is 453 g/mol. The van der Waals surface area contributed by atoms with Crippen LogP contribution in [0.4, 0.5) is 10.1 Å². The molecule has 9 heteroatoms. The van der Waals surface area contributed by atoms with Crippen molar-refractivity contribution in [3.8, 4) is 5.75 Å². The molecule has 4 aromatic rings. The number of carbonyl (C=O) groups excluding carboxylic acids is 1. The first kappa shape index (κ1) is 19.8. The van der Waals surface area contributed by atoms with Gasteiger partial charge in [-0.3, -0.25) is 9.48 Å². The van der Waals surface area contributed by atoms with Crippen LogP contribution in [0.2, 0.25) is 0 Å². The zero-order chi connectivity index (χ0) is 20.9. The normalized spacial score (nSPS) is 10.7. The largest absolute Gasteiger partial charge is 0.471 e. The molecule has 0 aliphatic carbocycles. The molecule has 0 aliphatic rings. The molecule has 2 aromatic carbocycles. The van der Waals surface area contributed by atoms with Crippen molar-refractivity contribution in [2.24, 2.45) is 0 Å². The Morgan fingerprint density at radius 3 is 2.60 bits per heavy atom. The molecule has 7 nitrogen and oxygen atoms in total. The van der Waals surface area contributed by atoms with E-state index in [4.69, 9.17) is 4.74 Å². The van der Waals surface area contributed by atoms with Crippen LogP contribution in [0.25, 0.3) is 0 Å². The van der Waals surface area contributed by atoms with E-state index in [1.807, 2.05) is 24.3 Å². The van der Waals surface area contributed by atoms with E-state index in [1.54, 1.807) is 41.5 Å². The quantitative estimate of drug-likeness (QED) is 0.437. The van der Waals surface area contributed by atoms with Gasteiger partial charge in [0.2, 0.25) is 0 Å². The van der Waals surface area contributed by atoms with Crippen LogP contribution in [0.1, 0.15) is 16.1 Å². The average molecular weight is 470 g/mol. The number of halogens is 2. The Bertz CT molecular complexity index is 1140. The molecule has 2 aromatic heterocycles. The van der Waals surface area contributed by atoms with Gasteiger partial charge < -0.3 is 10.1 Å². The fraction of sp³-hybridized carbons (Fsp3) is 0.0952. The molecule has 1 N–H and O–H groups in total. The Balaban J connectivity index is 1.32. The number of hydrogen-bond donors (Lipinski definition) is 1. The topological polar surface area (TPSA) is 74.0 Å². The van der Waals surface area contributed by atoms with Gasteiger partial charge in [-0.1, -0.05) is 28.1 Å². The molecule has 0 spiro atoms. The average Bonchev–Trinajstić information content (AvgIpc) is 3.39. The molecule has 30 heavy (non-hydrogen) atoms. The van der Waals surface area contributed by atoms with E-state index in [9.17, 15) is 9.18 Å². The third kappa shape index (κ3) is 5.12. The molecular formula is C21H17BrFN5O2. The minimum absolute atomic E-state index is 0.185. The SMILES string of the molecule is O=C(Nc1cnn(Cc2ccc(F)cc2)c1)c1ccn(COc2ccc(Br)cc2)n1. The number of hydrogen-bond acceptors (Lipinski definition) is 4. The van der Waals surface area contributed by atoms with E-state index in [-0.39, 0.29) is 24.1 Å². The van der Waals surface area contributed by atoms with Crippen molar-refractivity contribution in [2.45, 2.75) is 13.3 Å². The number of nitrogens with zero attached hydrogens (tertiary/aromatic N) is 4. The van der Waals surface area contributed by atoms with Crippen molar-refractivity contribution in [1.29, 1.82) is 0 Å². The van der Waals surface area contributed by atoms with Gasteiger partial charge in [-0.05, 0) is 48.0 Å². The minimum Gasteiger partial charge on any atom is -0.471 e. The maximum absolute atomic E-state index is 13.0. The second kappa shape index (κ2) is 8.91. The van der Waals surface area contributed by atoms with Crippen molar-refractivity contribution >= 4 is 27.5 Å². The first-order valence-electron chi connectivity index (χ1n) is 9.05. The van der Waals surface area contributed by atoms with Crippen LogP contribution in [-0.4, -0.2) is 25.5 Å². The van der Waals surface area contributed by atoms with Gasteiger partial charge >= 0.3 is 0 Å². The van der Waals surface area contributed by atoms with Gasteiger partial charge in [0.15, 0.2) is 12.4 Å². The Morgan fingerprint density at radius 2 is 1.83 bits per heavy atom. The summed E-state index contributed by atoms with van der Waals surface area (Å²) in [7, 11) is 0. The van der Waals surface area contributed by atoms with Crippen molar-refractivity contribution in [3.05, 3.63) is 94.7 Å². The van der Waals surface area contributed by atoms with Gasteiger partial charge in [0.05, 0.1) is 18.4 Å². The summed E-state index contributed by atoms with van der Waals surface area (Å²) in [5.74, 6) is 0.0702.